The molecule has 0 aliphatic heterocycles. The lowest BCUT2D eigenvalue weighted by Gasteiger charge is -2.09. The smallest absolute Gasteiger partial charge is 0.220 e. The molecule has 15 heavy (non-hydrogen) atoms. The molecule has 0 fully saturated rings. The zero-order valence-corrected chi connectivity index (χ0v) is 8.86. The Morgan fingerprint density at radius 2 is 2.47 bits per heavy atom. The van der Waals surface area contributed by atoms with Gasteiger partial charge < -0.3 is 10.1 Å². The van der Waals surface area contributed by atoms with Crippen molar-refractivity contribution in [3.8, 4) is 0 Å². The maximum absolute atomic E-state index is 11.4. The van der Waals surface area contributed by atoms with E-state index in [1.165, 1.54) is 0 Å². The van der Waals surface area contributed by atoms with Crippen LogP contribution >= 0.6 is 0 Å². The highest BCUT2D eigenvalue weighted by Gasteiger charge is 2.09. The third-order valence-electron chi connectivity index (χ3n) is 1.82. The number of rotatable bonds is 6. The van der Waals surface area contributed by atoms with Crippen molar-refractivity contribution in [1.29, 1.82) is 0 Å². The summed E-state index contributed by atoms with van der Waals surface area (Å²) in [5.41, 5.74) is 0. The first-order valence-electron chi connectivity index (χ1n) is 4.70. The lowest BCUT2D eigenvalue weighted by Crippen LogP contribution is -2.26. The molecule has 1 aromatic rings. The monoisotopic (exact) mass is 213 g/mol. The van der Waals surface area contributed by atoms with Crippen molar-refractivity contribution < 1.29 is 9.53 Å². The van der Waals surface area contributed by atoms with Crippen LogP contribution in [-0.4, -0.2) is 40.2 Å². The number of nitrogens with one attached hydrogen (secondary N) is 2. The molecule has 0 radical (unpaired) electrons. The summed E-state index contributed by atoms with van der Waals surface area (Å²) in [6.45, 7) is 2.84. The van der Waals surface area contributed by atoms with Gasteiger partial charge in [-0.2, -0.15) is 5.21 Å². The number of ether oxygens (including phenoxy) is 1. The number of nitrogens with zero attached hydrogens (tertiary/aromatic N) is 3. The fourth-order valence-electron chi connectivity index (χ4n) is 1.17. The minimum Gasteiger partial charge on any atom is -0.384 e. The summed E-state index contributed by atoms with van der Waals surface area (Å²) in [5.74, 6) is 0.646. The summed E-state index contributed by atoms with van der Waals surface area (Å²) < 4.78 is 4.94. The van der Waals surface area contributed by atoms with Crippen LogP contribution in [0.4, 0.5) is 0 Å². The summed E-state index contributed by atoms with van der Waals surface area (Å²) in [7, 11) is 1.62. The van der Waals surface area contributed by atoms with Gasteiger partial charge in [0.2, 0.25) is 5.91 Å². The fourth-order valence-corrected chi connectivity index (χ4v) is 1.17. The predicted molar refractivity (Wildman–Crippen MR) is 51.7 cm³/mol. The molecule has 1 amide bonds. The predicted octanol–water partition coefficient (Wildman–Crippen LogP) is -0.512. The van der Waals surface area contributed by atoms with E-state index in [2.05, 4.69) is 25.9 Å². The fraction of sp³-hybridized carbons (Fsp3) is 0.750. The summed E-state index contributed by atoms with van der Waals surface area (Å²) in [4.78, 5) is 11.4. The van der Waals surface area contributed by atoms with Gasteiger partial charge in [0.05, 0.1) is 6.54 Å². The highest BCUT2D eigenvalue weighted by atomic mass is 16.5. The van der Waals surface area contributed by atoms with Gasteiger partial charge in [-0.05, 0) is 5.92 Å². The van der Waals surface area contributed by atoms with Crippen LogP contribution in [0.3, 0.4) is 0 Å². The Morgan fingerprint density at radius 3 is 3.07 bits per heavy atom. The topological polar surface area (TPSA) is 92.8 Å². The molecule has 1 aromatic heterocycles. The molecule has 0 aliphatic carbocycles. The van der Waals surface area contributed by atoms with E-state index in [4.69, 9.17) is 4.74 Å². The Morgan fingerprint density at radius 1 is 1.67 bits per heavy atom. The van der Waals surface area contributed by atoms with Crippen molar-refractivity contribution in [3.63, 3.8) is 0 Å². The van der Waals surface area contributed by atoms with E-state index < -0.39 is 0 Å². The Kier molecular flexibility index (Phi) is 4.69. The standard InChI is InChI=1S/C8H15N5O2/c1-6(5-15-2)3-8(14)9-4-7-10-12-13-11-7/h6H,3-5H2,1-2H3,(H,9,14)(H,10,11,12,13). The first-order chi connectivity index (χ1) is 7.22. The number of H-pyrrole nitrogens is 1. The molecule has 7 nitrogen and oxygen atoms in total. The molecule has 1 rings (SSSR count). The van der Waals surface area contributed by atoms with Crippen LogP contribution in [0.15, 0.2) is 0 Å². The van der Waals surface area contributed by atoms with Gasteiger partial charge in [0.15, 0.2) is 5.82 Å². The minimum absolute atomic E-state index is 0.0376. The van der Waals surface area contributed by atoms with Gasteiger partial charge in [0.25, 0.3) is 0 Å². The van der Waals surface area contributed by atoms with Crippen LogP contribution in [0.2, 0.25) is 0 Å². The number of amides is 1. The second-order valence-electron chi connectivity index (χ2n) is 3.37. The molecule has 0 spiro atoms. The number of methoxy groups -OCH3 is 1. The minimum atomic E-state index is -0.0376. The van der Waals surface area contributed by atoms with Gasteiger partial charge in [-0.15, -0.1) is 10.2 Å². The maximum atomic E-state index is 11.4. The molecule has 1 atom stereocenters. The normalized spacial score (nSPS) is 12.4. The summed E-state index contributed by atoms with van der Waals surface area (Å²) in [6, 6.07) is 0. The van der Waals surface area contributed by atoms with Crippen molar-refractivity contribution >= 4 is 5.91 Å². The van der Waals surface area contributed by atoms with Crippen LogP contribution < -0.4 is 5.32 Å². The van der Waals surface area contributed by atoms with Gasteiger partial charge in [0.1, 0.15) is 0 Å². The van der Waals surface area contributed by atoms with Crippen LogP contribution in [0.1, 0.15) is 19.2 Å². The van der Waals surface area contributed by atoms with Crippen molar-refractivity contribution in [2.45, 2.75) is 19.9 Å². The van der Waals surface area contributed by atoms with Gasteiger partial charge in [-0.3, -0.25) is 4.79 Å². The molecule has 0 bridgehead atoms. The first kappa shape index (κ1) is 11.6. The van der Waals surface area contributed by atoms with Gasteiger partial charge in [-0.1, -0.05) is 12.1 Å². The zero-order chi connectivity index (χ0) is 11.1. The molecular formula is C8H15N5O2. The maximum Gasteiger partial charge on any atom is 0.220 e. The van der Waals surface area contributed by atoms with E-state index in [0.29, 0.717) is 25.4 Å². The summed E-state index contributed by atoms with van der Waals surface area (Å²) in [5, 5.41) is 15.8. The Labute approximate surface area is 87.6 Å². The van der Waals surface area contributed by atoms with E-state index in [0.717, 1.165) is 0 Å². The molecule has 2 N–H and O–H groups in total. The average molecular weight is 213 g/mol. The third-order valence-corrected chi connectivity index (χ3v) is 1.82. The van der Waals surface area contributed by atoms with Crippen molar-refractivity contribution in [1.82, 2.24) is 25.9 Å². The Bertz CT molecular complexity index is 287. The number of aromatic nitrogens is 4. The second kappa shape index (κ2) is 6.07. The zero-order valence-electron chi connectivity index (χ0n) is 8.86. The molecule has 0 saturated carbocycles. The largest absolute Gasteiger partial charge is 0.384 e. The molecule has 7 heteroatoms. The molecule has 1 unspecified atom stereocenters. The van der Waals surface area contributed by atoms with Crippen LogP contribution in [0.25, 0.3) is 0 Å². The Balaban J connectivity index is 2.19. The molecule has 84 valence electrons. The Hall–Kier alpha value is -1.50. The number of aromatic amines is 1. The SMILES string of the molecule is COCC(C)CC(=O)NCc1nn[nH]n1. The van der Waals surface area contributed by atoms with E-state index in [-0.39, 0.29) is 11.8 Å². The lowest BCUT2D eigenvalue weighted by atomic mass is 10.1. The highest BCUT2D eigenvalue weighted by Crippen LogP contribution is 2.01. The summed E-state index contributed by atoms with van der Waals surface area (Å²) in [6.07, 6.45) is 0.436. The van der Waals surface area contributed by atoms with Gasteiger partial charge in [-0.25, -0.2) is 0 Å². The quantitative estimate of drug-likeness (QED) is 0.663. The van der Waals surface area contributed by atoms with E-state index in [9.17, 15) is 4.79 Å². The second-order valence-corrected chi connectivity index (χ2v) is 3.37. The number of carbonyl (C=O) groups is 1. The average Bonchev–Trinajstić information content (AvgIpc) is 2.67. The number of hydrogen-bond acceptors (Lipinski definition) is 5. The van der Waals surface area contributed by atoms with Crippen molar-refractivity contribution in [2.75, 3.05) is 13.7 Å². The number of hydrogen-bond donors (Lipinski definition) is 2. The lowest BCUT2D eigenvalue weighted by molar-refractivity contribution is -0.122. The number of tetrazole rings is 1. The molecule has 0 saturated heterocycles. The van der Waals surface area contributed by atoms with Gasteiger partial charge >= 0.3 is 0 Å². The van der Waals surface area contributed by atoms with Crippen LogP contribution in [0.5, 0.6) is 0 Å². The van der Waals surface area contributed by atoms with Crippen molar-refractivity contribution in [2.24, 2.45) is 5.92 Å². The van der Waals surface area contributed by atoms with Crippen LogP contribution in [-0.2, 0) is 16.1 Å². The van der Waals surface area contributed by atoms with E-state index in [1.54, 1.807) is 7.11 Å². The highest BCUT2D eigenvalue weighted by molar-refractivity contribution is 5.75. The molecular weight excluding hydrogens is 198 g/mol. The van der Waals surface area contributed by atoms with Gasteiger partial charge in [0, 0.05) is 20.1 Å². The van der Waals surface area contributed by atoms with E-state index in [1.807, 2.05) is 6.92 Å². The van der Waals surface area contributed by atoms with Crippen molar-refractivity contribution in [3.05, 3.63) is 5.82 Å². The van der Waals surface area contributed by atoms with E-state index >= 15 is 0 Å². The molecule has 0 aromatic carbocycles. The molecule has 1 heterocycles. The van der Waals surface area contributed by atoms with Crippen LogP contribution in [0, 0.1) is 5.92 Å². The number of carbonyl (C=O) groups excluding carboxylic acids is 1. The first-order valence-corrected chi connectivity index (χ1v) is 4.70. The summed E-state index contributed by atoms with van der Waals surface area (Å²) >= 11 is 0. The third kappa shape index (κ3) is 4.50. The molecule has 0 aliphatic rings.